The number of piperidine rings is 1. The van der Waals surface area contributed by atoms with Gasteiger partial charge in [-0.15, -0.1) is 11.3 Å². The van der Waals surface area contributed by atoms with E-state index in [0.717, 1.165) is 16.9 Å². The second-order valence-electron chi connectivity index (χ2n) is 6.73. The normalized spacial score (nSPS) is 18.2. The molecule has 2 aromatic heterocycles. The molecule has 1 fully saturated rings. The number of rotatable bonds is 3. The Balaban J connectivity index is 1.54. The average molecular weight is 388 g/mol. The van der Waals surface area contributed by atoms with Gasteiger partial charge in [0.1, 0.15) is 16.2 Å². The third-order valence-electron chi connectivity index (χ3n) is 5.28. The molecule has 142 valence electrons. The predicted octanol–water partition coefficient (Wildman–Crippen LogP) is 2.55. The number of aromatic carboxylic acids is 1. The van der Waals surface area contributed by atoms with Crippen LogP contribution in [-0.2, 0) is 16.8 Å². The van der Waals surface area contributed by atoms with Crippen LogP contribution in [0.4, 0.5) is 0 Å². The monoisotopic (exact) mass is 388 g/mol. The van der Waals surface area contributed by atoms with Crippen molar-refractivity contribution >= 4 is 23.2 Å². The van der Waals surface area contributed by atoms with Gasteiger partial charge in [-0.1, -0.05) is 0 Å². The minimum absolute atomic E-state index is 0.0856. The van der Waals surface area contributed by atoms with E-state index in [0.29, 0.717) is 48.7 Å². The Bertz CT molecular complexity index is 886. The largest absolute Gasteiger partial charge is 0.494 e. The van der Waals surface area contributed by atoms with Crippen molar-refractivity contribution in [1.82, 2.24) is 9.88 Å². The van der Waals surface area contributed by atoms with Gasteiger partial charge in [0.05, 0.1) is 25.5 Å². The number of aromatic nitrogens is 1. The molecule has 0 atom stereocenters. The van der Waals surface area contributed by atoms with Gasteiger partial charge < -0.3 is 19.5 Å². The quantitative estimate of drug-likeness (QED) is 0.869. The molecule has 4 rings (SSSR count). The topological polar surface area (TPSA) is 89.0 Å². The van der Waals surface area contributed by atoms with Gasteiger partial charge in [0.2, 0.25) is 0 Å². The van der Waals surface area contributed by atoms with Crippen molar-refractivity contribution in [3.05, 3.63) is 45.4 Å². The molecule has 2 aromatic rings. The summed E-state index contributed by atoms with van der Waals surface area (Å²) in [5.41, 5.74) is 1.09. The first kappa shape index (κ1) is 17.9. The van der Waals surface area contributed by atoms with Crippen LogP contribution in [0.3, 0.4) is 0 Å². The zero-order valence-electron chi connectivity index (χ0n) is 14.9. The molecule has 0 bridgehead atoms. The number of pyridine rings is 1. The van der Waals surface area contributed by atoms with E-state index >= 15 is 0 Å². The second-order valence-corrected chi connectivity index (χ2v) is 7.78. The lowest BCUT2D eigenvalue weighted by atomic mass is 9.85. The number of likely N-dealkylation sites (tertiary alicyclic amines) is 1. The van der Waals surface area contributed by atoms with Crippen LogP contribution >= 0.6 is 11.3 Å². The van der Waals surface area contributed by atoms with Crippen molar-refractivity contribution in [2.24, 2.45) is 0 Å². The number of fused-ring (bicyclic) bond motifs is 2. The maximum atomic E-state index is 12.9. The van der Waals surface area contributed by atoms with E-state index in [4.69, 9.17) is 9.47 Å². The standard InChI is InChI=1S/C19H20N2O5S/c1-25-14-11-20-6-2-13(14)17(22)21-7-4-19(5-8-21)16-12(3-9-26-19)10-15(27-16)18(23)24/h2,6,10-11H,3-5,7-9H2,1H3,(H,23,24). The summed E-state index contributed by atoms with van der Waals surface area (Å²) in [6.45, 7) is 1.67. The highest BCUT2D eigenvalue weighted by molar-refractivity contribution is 7.14. The number of hydrogen-bond acceptors (Lipinski definition) is 6. The lowest BCUT2D eigenvalue weighted by Crippen LogP contribution is -2.47. The Kier molecular flexibility index (Phi) is 4.61. The van der Waals surface area contributed by atoms with E-state index in [-0.39, 0.29) is 5.91 Å². The highest BCUT2D eigenvalue weighted by atomic mass is 32.1. The Hall–Kier alpha value is -2.45. The summed E-state index contributed by atoms with van der Waals surface area (Å²) in [7, 11) is 1.52. The molecule has 0 aromatic carbocycles. The van der Waals surface area contributed by atoms with E-state index in [1.165, 1.54) is 24.6 Å². The van der Waals surface area contributed by atoms with Crippen LogP contribution in [0.25, 0.3) is 0 Å². The smallest absolute Gasteiger partial charge is 0.345 e. The summed E-state index contributed by atoms with van der Waals surface area (Å²) < 4.78 is 11.4. The fourth-order valence-corrected chi connectivity index (χ4v) is 5.11. The van der Waals surface area contributed by atoms with Gasteiger partial charge in [0, 0.05) is 24.2 Å². The highest BCUT2D eigenvalue weighted by Crippen LogP contribution is 2.45. The van der Waals surface area contributed by atoms with E-state index < -0.39 is 11.6 Å². The summed E-state index contributed by atoms with van der Waals surface area (Å²) in [6.07, 6.45) is 5.15. The summed E-state index contributed by atoms with van der Waals surface area (Å²) in [4.78, 5) is 31.4. The SMILES string of the molecule is COc1cnccc1C(=O)N1CCC2(CC1)OCCc1cc(C(=O)O)sc12. The lowest BCUT2D eigenvalue weighted by Gasteiger charge is -2.43. The van der Waals surface area contributed by atoms with Crippen LogP contribution in [0.15, 0.2) is 24.5 Å². The molecule has 2 aliphatic rings. The highest BCUT2D eigenvalue weighted by Gasteiger charge is 2.43. The number of amides is 1. The van der Waals surface area contributed by atoms with Gasteiger partial charge in [-0.3, -0.25) is 9.78 Å². The number of carboxylic acids is 1. The van der Waals surface area contributed by atoms with Crippen LogP contribution in [0.5, 0.6) is 5.75 Å². The van der Waals surface area contributed by atoms with Crippen molar-refractivity contribution in [2.45, 2.75) is 24.9 Å². The molecule has 0 saturated carbocycles. The number of hydrogen-bond donors (Lipinski definition) is 1. The fourth-order valence-electron chi connectivity index (χ4n) is 3.86. The number of nitrogens with zero attached hydrogens (tertiary/aromatic N) is 2. The van der Waals surface area contributed by atoms with Crippen molar-refractivity contribution in [2.75, 3.05) is 26.8 Å². The lowest BCUT2D eigenvalue weighted by molar-refractivity contribution is -0.0906. The molecular weight excluding hydrogens is 368 g/mol. The van der Waals surface area contributed by atoms with Crippen molar-refractivity contribution < 1.29 is 24.2 Å². The van der Waals surface area contributed by atoms with Crippen LogP contribution in [0.2, 0.25) is 0 Å². The van der Waals surface area contributed by atoms with Crippen LogP contribution in [0.1, 0.15) is 43.3 Å². The van der Waals surface area contributed by atoms with Gasteiger partial charge in [-0.2, -0.15) is 0 Å². The summed E-state index contributed by atoms with van der Waals surface area (Å²) in [5, 5.41) is 9.31. The molecule has 1 N–H and O–H groups in total. The molecule has 27 heavy (non-hydrogen) atoms. The number of thiophene rings is 1. The summed E-state index contributed by atoms with van der Waals surface area (Å²) in [6, 6.07) is 3.44. The van der Waals surface area contributed by atoms with E-state index in [1.54, 1.807) is 23.2 Å². The Morgan fingerprint density at radius 1 is 1.37 bits per heavy atom. The summed E-state index contributed by atoms with van der Waals surface area (Å²) in [5.74, 6) is -0.525. The number of carbonyl (C=O) groups is 2. The average Bonchev–Trinajstić information content (AvgIpc) is 3.14. The van der Waals surface area contributed by atoms with Gasteiger partial charge in [0.15, 0.2) is 0 Å². The van der Waals surface area contributed by atoms with Crippen molar-refractivity contribution in [1.29, 1.82) is 0 Å². The van der Waals surface area contributed by atoms with Crippen molar-refractivity contribution in [3.63, 3.8) is 0 Å². The molecule has 1 saturated heterocycles. The van der Waals surface area contributed by atoms with Crippen molar-refractivity contribution in [3.8, 4) is 5.75 Å². The van der Waals surface area contributed by atoms with Gasteiger partial charge in [0.25, 0.3) is 5.91 Å². The van der Waals surface area contributed by atoms with Crippen LogP contribution < -0.4 is 4.74 Å². The number of ether oxygens (including phenoxy) is 2. The molecule has 1 amide bonds. The van der Waals surface area contributed by atoms with Gasteiger partial charge >= 0.3 is 5.97 Å². The third kappa shape index (κ3) is 3.08. The first-order valence-corrected chi connectivity index (χ1v) is 9.63. The number of carboxylic acid groups (broad SMARTS) is 1. The first-order valence-electron chi connectivity index (χ1n) is 8.82. The maximum absolute atomic E-state index is 12.9. The van der Waals surface area contributed by atoms with Crippen LogP contribution in [0, 0.1) is 0 Å². The molecular formula is C19H20N2O5S. The number of carbonyl (C=O) groups excluding carboxylic acids is 1. The zero-order chi connectivity index (χ0) is 19.0. The van der Waals surface area contributed by atoms with E-state index in [1.807, 2.05) is 0 Å². The Labute approximate surface area is 160 Å². The minimum atomic E-state index is -0.901. The zero-order valence-corrected chi connectivity index (χ0v) is 15.8. The molecule has 0 unspecified atom stereocenters. The first-order chi connectivity index (χ1) is 13.0. The second kappa shape index (κ2) is 6.94. The number of methoxy groups -OCH3 is 1. The third-order valence-corrected chi connectivity index (χ3v) is 6.63. The van der Waals surface area contributed by atoms with Gasteiger partial charge in [-0.25, -0.2) is 4.79 Å². The van der Waals surface area contributed by atoms with E-state index in [2.05, 4.69) is 4.98 Å². The molecule has 4 heterocycles. The van der Waals surface area contributed by atoms with Gasteiger partial charge in [-0.05, 0) is 37.0 Å². The molecule has 8 heteroatoms. The molecule has 0 aliphatic carbocycles. The molecule has 7 nitrogen and oxygen atoms in total. The summed E-state index contributed by atoms with van der Waals surface area (Å²) >= 11 is 1.30. The Morgan fingerprint density at radius 3 is 2.85 bits per heavy atom. The molecule has 0 radical (unpaired) electrons. The maximum Gasteiger partial charge on any atom is 0.345 e. The Morgan fingerprint density at radius 2 is 2.15 bits per heavy atom. The fraction of sp³-hybridized carbons (Fsp3) is 0.421. The molecule has 1 spiro atoms. The molecule has 2 aliphatic heterocycles. The van der Waals surface area contributed by atoms with Crippen LogP contribution in [-0.4, -0.2) is 53.7 Å². The predicted molar refractivity (Wildman–Crippen MR) is 98.5 cm³/mol. The minimum Gasteiger partial charge on any atom is -0.494 e. The van der Waals surface area contributed by atoms with E-state index in [9.17, 15) is 14.7 Å².